The number of halogens is 4. The fourth-order valence-corrected chi connectivity index (χ4v) is 5.47. The molecule has 4 rings (SSSR count). The number of amides is 4. The lowest BCUT2D eigenvalue weighted by molar-refractivity contribution is -0.150. The summed E-state index contributed by atoms with van der Waals surface area (Å²) in [5, 5.41) is 7.42. The van der Waals surface area contributed by atoms with E-state index in [2.05, 4.69) is 32.5 Å². The minimum Gasteiger partial charge on any atom is -0.382 e. The second kappa shape index (κ2) is 13.2. The number of carbonyl (C=O) groups excluding carboxylic acids is 3. The Kier molecular flexibility index (Phi) is 9.87. The standard InChI is InChI=1S/C27H33ClF3N7O4/c1-14-4-6-16(7-5-14)22(36-23(39)21-15(2)11-33-25(28)37-21)24(40)35-20-10-17(8-9-32-20)18(13-42-3)38-12-19(27(29,30)31)34-26(38)41/h8-11,14,16,18-19,22H,4-7,12-13H2,1-3H3,(H,34,41)(H,36,39)(H,32,35,40)/t14?,16?,18?,19-,22-/m0/s1. The Hall–Kier alpha value is -3.52. The minimum absolute atomic E-state index is 0.0561. The van der Waals surface area contributed by atoms with E-state index >= 15 is 0 Å². The Morgan fingerprint density at radius 2 is 1.95 bits per heavy atom. The van der Waals surface area contributed by atoms with Crippen LogP contribution >= 0.6 is 11.6 Å². The summed E-state index contributed by atoms with van der Waals surface area (Å²) in [6, 6.07) is -1.67. The quantitative estimate of drug-likeness (QED) is 0.364. The molecule has 1 aliphatic heterocycles. The van der Waals surface area contributed by atoms with Gasteiger partial charge >= 0.3 is 12.2 Å². The van der Waals surface area contributed by atoms with Crippen molar-refractivity contribution in [2.45, 2.75) is 63.8 Å². The number of rotatable bonds is 9. The van der Waals surface area contributed by atoms with Gasteiger partial charge < -0.3 is 25.6 Å². The average molecular weight is 612 g/mol. The maximum atomic E-state index is 13.6. The molecule has 0 radical (unpaired) electrons. The van der Waals surface area contributed by atoms with E-state index in [-0.39, 0.29) is 29.3 Å². The van der Waals surface area contributed by atoms with Crippen LogP contribution in [0.1, 0.15) is 60.3 Å². The number of hydrogen-bond acceptors (Lipinski definition) is 7. The van der Waals surface area contributed by atoms with Crippen LogP contribution in [-0.2, 0) is 9.53 Å². The SMILES string of the molecule is COCC(c1ccnc(NC(=O)[C@@H](NC(=O)c2nc(Cl)ncc2C)C2CCC(C)CC2)c1)N1C[C@@H](C(F)(F)F)NC1=O. The predicted molar refractivity (Wildman–Crippen MR) is 147 cm³/mol. The summed E-state index contributed by atoms with van der Waals surface area (Å²) >= 11 is 5.90. The predicted octanol–water partition coefficient (Wildman–Crippen LogP) is 4.04. The molecule has 42 heavy (non-hydrogen) atoms. The number of carbonyl (C=O) groups is 3. The van der Waals surface area contributed by atoms with Crippen LogP contribution in [0.4, 0.5) is 23.8 Å². The van der Waals surface area contributed by atoms with Gasteiger partial charge in [0.15, 0.2) is 0 Å². The molecule has 1 aliphatic carbocycles. The third-order valence-corrected chi connectivity index (χ3v) is 7.89. The normalized spacial score (nSPS) is 22.3. The molecule has 2 aliphatic rings. The molecular weight excluding hydrogens is 579 g/mol. The lowest BCUT2D eigenvalue weighted by Gasteiger charge is -2.32. The van der Waals surface area contributed by atoms with Crippen molar-refractivity contribution in [2.24, 2.45) is 11.8 Å². The summed E-state index contributed by atoms with van der Waals surface area (Å²) in [5.41, 5.74) is 0.963. The molecular formula is C27H33ClF3N7O4. The highest BCUT2D eigenvalue weighted by Gasteiger charge is 2.48. The molecule has 2 fully saturated rings. The van der Waals surface area contributed by atoms with E-state index in [0.29, 0.717) is 17.0 Å². The maximum Gasteiger partial charge on any atom is 0.410 e. The molecule has 4 amide bonds. The topological polar surface area (TPSA) is 138 Å². The summed E-state index contributed by atoms with van der Waals surface area (Å²) in [6.45, 7) is 3.11. The van der Waals surface area contributed by atoms with E-state index < -0.39 is 48.7 Å². The minimum atomic E-state index is -4.61. The Balaban J connectivity index is 1.55. The van der Waals surface area contributed by atoms with E-state index in [1.807, 2.05) is 5.32 Å². The van der Waals surface area contributed by atoms with E-state index in [9.17, 15) is 27.6 Å². The molecule has 11 nitrogen and oxygen atoms in total. The first kappa shape index (κ1) is 31.4. The Morgan fingerprint density at radius 1 is 1.24 bits per heavy atom. The summed E-state index contributed by atoms with van der Waals surface area (Å²) in [6.07, 6.45) is 1.42. The number of urea groups is 1. The maximum absolute atomic E-state index is 13.6. The highest BCUT2D eigenvalue weighted by Crippen LogP contribution is 2.33. The van der Waals surface area contributed by atoms with Crippen LogP contribution in [-0.4, -0.2) is 76.2 Å². The highest BCUT2D eigenvalue weighted by molar-refractivity contribution is 6.28. The van der Waals surface area contributed by atoms with Crippen molar-refractivity contribution in [3.63, 3.8) is 0 Å². The molecule has 1 saturated carbocycles. The Bertz CT molecular complexity index is 1310. The van der Waals surface area contributed by atoms with Gasteiger partial charge in [0.25, 0.3) is 5.91 Å². The fraction of sp³-hybridized carbons (Fsp3) is 0.556. The van der Waals surface area contributed by atoms with Crippen molar-refractivity contribution in [3.05, 3.63) is 46.6 Å². The lowest BCUT2D eigenvalue weighted by atomic mass is 9.79. The van der Waals surface area contributed by atoms with Crippen molar-refractivity contribution >= 4 is 35.3 Å². The fourth-order valence-electron chi connectivity index (χ4n) is 5.34. The molecule has 3 heterocycles. The zero-order valence-electron chi connectivity index (χ0n) is 23.4. The first-order valence-electron chi connectivity index (χ1n) is 13.6. The van der Waals surface area contributed by atoms with Gasteiger partial charge in [-0.2, -0.15) is 13.2 Å². The third-order valence-electron chi connectivity index (χ3n) is 7.71. The zero-order valence-corrected chi connectivity index (χ0v) is 24.1. The highest BCUT2D eigenvalue weighted by atomic mass is 35.5. The number of anilines is 1. The number of pyridine rings is 1. The molecule has 0 aromatic carbocycles. The molecule has 1 unspecified atom stereocenters. The van der Waals surface area contributed by atoms with Crippen molar-refractivity contribution in [2.75, 3.05) is 25.6 Å². The summed E-state index contributed by atoms with van der Waals surface area (Å²) in [7, 11) is 1.37. The molecule has 3 atom stereocenters. The van der Waals surface area contributed by atoms with Crippen LogP contribution < -0.4 is 16.0 Å². The van der Waals surface area contributed by atoms with E-state index in [1.165, 1.54) is 31.6 Å². The van der Waals surface area contributed by atoms with Gasteiger partial charge in [0.2, 0.25) is 11.2 Å². The second-order valence-corrected chi connectivity index (χ2v) is 11.1. The van der Waals surface area contributed by atoms with Gasteiger partial charge in [0.05, 0.1) is 19.2 Å². The molecule has 1 saturated heterocycles. The molecule has 2 aromatic rings. The third kappa shape index (κ3) is 7.46. The average Bonchev–Trinajstić information content (AvgIpc) is 3.34. The molecule has 0 spiro atoms. The molecule has 3 N–H and O–H groups in total. The van der Waals surface area contributed by atoms with Crippen molar-refractivity contribution in [1.82, 2.24) is 30.5 Å². The summed E-state index contributed by atoms with van der Waals surface area (Å²) in [4.78, 5) is 52.4. The van der Waals surface area contributed by atoms with E-state index in [0.717, 1.165) is 30.6 Å². The van der Waals surface area contributed by atoms with Crippen LogP contribution in [0.2, 0.25) is 5.28 Å². The van der Waals surface area contributed by atoms with E-state index in [1.54, 1.807) is 6.92 Å². The molecule has 15 heteroatoms. The van der Waals surface area contributed by atoms with Gasteiger partial charge in [-0.3, -0.25) is 9.59 Å². The van der Waals surface area contributed by atoms with Gasteiger partial charge in [0, 0.05) is 19.5 Å². The van der Waals surface area contributed by atoms with Crippen molar-refractivity contribution in [1.29, 1.82) is 0 Å². The number of aryl methyl sites for hydroxylation is 1. The van der Waals surface area contributed by atoms with Gasteiger partial charge in [-0.15, -0.1) is 0 Å². The van der Waals surface area contributed by atoms with E-state index in [4.69, 9.17) is 16.3 Å². The van der Waals surface area contributed by atoms with Gasteiger partial charge in [-0.05, 0) is 66.5 Å². The molecule has 0 bridgehead atoms. The number of hydrogen-bond donors (Lipinski definition) is 3. The molecule has 228 valence electrons. The summed E-state index contributed by atoms with van der Waals surface area (Å²) < 4.78 is 45.1. The number of nitrogens with one attached hydrogen (secondary N) is 3. The first-order valence-corrected chi connectivity index (χ1v) is 13.9. The van der Waals surface area contributed by atoms with Gasteiger partial charge in [-0.25, -0.2) is 19.7 Å². The van der Waals surface area contributed by atoms with Crippen LogP contribution in [0.15, 0.2) is 24.5 Å². The largest absolute Gasteiger partial charge is 0.410 e. The van der Waals surface area contributed by atoms with Crippen molar-refractivity contribution < 1.29 is 32.3 Å². The van der Waals surface area contributed by atoms with Crippen LogP contribution in [0, 0.1) is 18.8 Å². The number of aromatic nitrogens is 3. The smallest absolute Gasteiger partial charge is 0.382 e. The van der Waals surface area contributed by atoms with Gasteiger partial charge in [-0.1, -0.05) is 19.8 Å². The monoisotopic (exact) mass is 611 g/mol. The number of nitrogens with zero attached hydrogens (tertiary/aromatic N) is 4. The number of alkyl halides is 3. The zero-order chi connectivity index (χ0) is 30.6. The Labute approximate surface area is 246 Å². The summed E-state index contributed by atoms with van der Waals surface area (Å²) in [5.74, 6) is -0.629. The number of ether oxygens (including phenoxy) is 1. The molecule has 2 aromatic heterocycles. The van der Waals surface area contributed by atoms with Gasteiger partial charge in [0.1, 0.15) is 23.6 Å². The first-order chi connectivity index (χ1) is 19.9. The van der Waals surface area contributed by atoms with Crippen LogP contribution in [0.3, 0.4) is 0 Å². The Morgan fingerprint density at radius 3 is 2.60 bits per heavy atom. The van der Waals surface area contributed by atoms with Crippen LogP contribution in [0.25, 0.3) is 0 Å². The number of methoxy groups -OCH3 is 1. The van der Waals surface area contributed by atoms with Crippen molar-refractivity contribution in [3.8, 4) is 0 Å². The van der Waals surface area contributed by atoms with Crippen LogP contribution in [0.5, 0.6) is 0 Å². The lowest BCUT2D eigenvalue weighted by Crippen LogP contribution is -2.49. The second-order valence-electron chi connectivity index (χ2n) is 10.8.